The van der Waals surface area contributed by atoms with Crippen molar-refractivity contribution < 1.29 is 5.11 Å². The number of aliphatic hydroxyl groups is 1. The Hall–Kier alpha value is -0.930. The highest BCUT2D eigenvalue weighted by atomic mass is 16.3. The molecular weight excluding hydrogens is 212 g/mol. The van der Waals surface area contributed by atoms with E-state index in [0.717, 1.165) is 25.8 Å². The Morgan fingerprint density at radius 3 is 2.65 bits per heavy atom. The minimum Gasteiger partial charge on any atom is -0.393 e. The molecule has 3 nitrogen and oxygen atoms in total. The van der Waals surface area contributed by atoms with Gasteiger partial charge in [0.15, 0.2) is 0 Å². The fourth-order valence-electron chi connectivity index (χ4n) is 3.40. The predicted octanol–water partition coefficient (Wildman–Crippen LogP) is 1.61. The van der Waals surface area contributed by atoms with Gasteiger partial charge in [-0.1, -0.05) is 6.07 Å². The number of aromatic nitrogens is 1. The van der Waals surface area contributed by atoms with Crippen LogP contribution in [0, 0.1) is 0 Å². The Morgan fingerprint density at radius 2 is 2.00 bits per heavy atom. The van der Waals surface area contributed by atoms with Crippen molar-refractivity contribution in [3.05, 3.63) is 30.1 Å². The van der Waals surface area contributed by atoms with Gasteiger partial charge in [-0.3, -0.25) is 9.88 Å². The van der Waals surface area contributed by atoms with Gasteiger partial charge < -0.3 is 5.11 Å². The summed E-state index contributed by atoms with van der Waals surface area (Å²) in [7, 11) is 0. The summed E-state index contributed by atoms with van der Waals surface area (Å²) in [5.41, 5.74) is 1.18. The predicted molar refractivity (Wildman–Crippen MR) is 66.7 cm³/mol. The van der Waals surface area contributed by atoms with Gasteiger partial charge in [-0.15, -0.1) is 0 Å². The van der Waals surface area contributed by atoms with Gasteiger partial charge in [-0.05, 0) is 37.8 Å². The molecule has 2 fully saturated rings. The van der Waals surface area contributed by atoms with Crippen LogP contribution in [0.3, 0.4) is 0 Å². The molecule has 2 saturated heterocycles. The van der Waals surface area contributed by atoms with Crippen LogP contribution in [0.15, 0.2) is 24.4 Å². The maximum Gasteiger partial charge on any atom is 0.0570 e. The second-order valence-electron chi connectivity index (χ2n) is 5.32. The molecule has 0 aromatic carbocycles. The molecule has 0 amide bonds. The van der Waals surface area contributed by atoms with Crippen molar-refractivity contribution in [3.63, 3.8) is 0 Å². The highest BCUT2D eigenvalue weighted by Crippen LogP contribution is 2.35. The lowest BCUT2D eigenvalue weighted by molar-refractivity contribution is 0.0361. The standard InChI is InChI=1S/C14H20N2O/c17-14-9-12-4-5-13(10-14)16(12)8-6-11-3-1-2-7-15-11/h1-3,7,12-14,17H,4-6,8-10H2. The quantitative estimate of drug-likeness (QED) is 0.860. The van der Waals surface area contributed by atoms with E-state index in [4.69, 9.17) is 0 Å². The average Bonchev–Trinajstić information content (AvgIpc) is 2.59. The van der Waals surface area contributed by atoms with Crippen molar-refractivity contribution in [2.75, 3.05) is 6.54 Å². The minimum atomic E-state index is -0.0569. The first-order chi connectivity index (χ1) is 8.33. The third-order valence-corrected chi connectivity index (χ3v) is 4.21. The lowest BCUT2D eigenvalue weighted by Crippen LogP contribution is -2.45. The summed E-state index contributed by atoms with van der Waals surface area (Å²) >= 11 is 0. The highest BCUT2D eigenvalue weighted by Gasteiger charge is 2.39. The normalized spacial score (nSPS) is 32.9. The maximum atomic E-state index is 9.75. The van der Waals surface area contributed by atoms with Crippen LogP contribution in [0.4, 0.5) is 0 Å². The van der Waals surface area contributed by atoms with E-state index in [1.807, 2.05) is 12.3 Å². The molecule has 92 valence electrons. The molecule has 2 bridgehead atoms. The van der Waals surface area contributed by atoms with Crippen molar-refractivity contribution in [1.82, 2.24) is 9.88 Å². The Labute approximate surface area is 102 Å². The van der Waals surface area contributed by atoms with E-state index < -0.39 is 0 Å². The topological polar surface area (TPSA) is 36.4 Å². The number of hydrogen-bond donors (Lipinski definition) is 1. The first kappa shape index (κ1) is 11.2. The summed E-state index contributed by atoms with van der Waals surface area (Å²) in [5, 5.41) is 9.75. The second kappa shape index (κ2) is 4.75. The molecule has 3 heterocycles. The van der Waals surface area contributed by atoms with E-state index in [0.29, 0.717) is 12.1 Å². The molecule has 2 atom stereocenters. The lowest BCUT2D eigenvalue weighted by atomic mass is 9.99. The van der Waals surface area contributed by atoms with Gasteiger partial charge in [-0.25, -0.2) is 0 Å². The third kappa shape index (κ3) is 2.35. The summed E-state index contributed by atoms with van der Waals surface area (Å²) < 4.78 is 0. The maximum absolute atomic E-state index is 9.75. The van der Waals surface area contributed by atoms with Crippen LogP contribution in [0.25, 0.3) is 0 Å². The van der Waals surface area contributed by atoms with E-state index in [1.54, 1.807) is 0 Å². The van der Waals surface area contributed by atoms with Crippen LogP contribution in [0.1, 0.15) is 31.4 Å². The van der Waals surface area contributed by atoms with Gasteiger partial charge in [0.1, 0.15) is 0 Å². The van der Waals surface area contributed by atoms with Crippen LogP contribution < -0.4 is 0 Å². The fraction of sp³-hybridized carbons (Fsp3) is 0.643. The van der Waals surface area contributed by atoms with Crippen LogP contribution in [-0.2, 0) is 6.42 Å². The molecular formula is C14H20N2O. The molecule has 0 saturated carbocycles. The van der Waals surface area contributed by atoms with Gasteiger partial charge in [-0.2, -0.15) is 0 Å². The van der Waals surface area contributed by atoms with E-state index in [2.05, 4.69) is 22.0 Å². The SMILES string of the molecule is OC1CC2CCC(C1)N2CCc1ccccn1. The average molecular weight is 232 g/mol. The molecule has 3 heteroatoms. The zero-order valence-electron chi connectivity index (χ0n) is 10.1. The smallest absolute Gasteiger partial charge is 0.0570 e. The molecule has 3 rings (SSSR count). The number of hydrogen-bond acceptors (Lipinski definition) is 3. The summed E-state index contributed by atoms with van der Waals surface area (Å²) in [6.45, 7) is 1.10. The number of pyridine rings is 1. The molecule has 1 aromatic rings. The van der Waals surface area contributed by atoms with Crippen molar-refractivity contribution in [2.45, 2.75) is 50.3 Å². The first-order valence-electron chi connectivity index (χ1n) is 6.66. The number of rotatable bonds is 3. The Morgan fingerprint density at radius 1 is 1.24 bits per heavy atom. The second-order valence-corrected chi connectivity index (χ2v) is 5.32. The van der Waals surface area contributed by atoms with E-state index in [9.17, 15) is 5.11 Å². The monoisotopic (exact) mass is 232 g/mol. The van der Waals surface area contributed by atoms with Gasteiger partial charge in [0, 0.05) is 36.9 Å². The molecule has 0 radical (unpaired) electrons. The Balaban J connectivity index is 1.60. The number of piperidine rings is 1. The summed E-state index contributed by atoms with van der Waals surface area (Å²) in [4.78, 5) is 6.97. The summed E-state index contributed by atoms with van der Waals surface area (Å²) in [5.74, 6) is 0. The van der Waals surface area contributed by atoms with Gasteiger partial charge in [0.05, 0.1) is 6.10 Å². The number of aliphatic hydroxyl groups excluding tert-OH is 1. The minimum absolute atomic E-state index is 0.0569. The molecule has 1 N–H and O–H groups in total. The lowest BCUT2D eigenvalue weighted by Gasteiger charge is -2.37. The fourth-order valence-corrected chi connectivity index (χ4v) is 3.40. The van der Waals surface area contributed by atoms with Crippen molar-refractivity contribution in [3.8, 4) is 0 Å². The number of nitrogens with zero attached hydrogens (tertiary/aromatic N) is 2. The largest absolute Gasteiger partial charge is 0.393 e. The van der Waals surface area contributed by atoms with Crippen molar-refractivity contribution in [1.29, 1.82) is 0 Å². The van der Waals surface area contributed by atoms with E-state index >= 15 is 0 Å². The molecule has 1 aromatic heterocycles. The number of fused-ring (bicyclic) bond motifs is 2. The summed E-state index contributed by atoms with van der Waals surface area (Å²) in [6.07, 6.45) is 7.32. The van der Waals surface area contributed by atoms with Gasteiger partial charge in [0.25, 0.3) is 0 Å². The molecule has 2 aliphatic rings. The van der Waals surface area contributed by atoms with Crippen LogP contribution in [0.2, 0.25) is 0 Å². The van der Waals surface area contributed by atoms with Gasteiger partial charge in [0.2, 0.25) is 0 Å². The molecule has 0 spiro atoms. The molecule has 2 unspecified atom stereocenters. The van der Waals surface area contributed by atoms with Crippen LogP contribution in [-0.4, -0.2) is 39.7 Å². The summed E-state index contributed by atoms with van der Waals surface area (Å²) in [6, 6.07) is 7.35. The van der Waals surface area contributed by atoms with E-state index in [1.165, 1.54) is 18.5 Å². The van der Waals surface area contributed by atoms with Gasteiger partial charge >= 0.3 is 0 Å². The third-order valence-electron chi connectivity index (χ3n) is 4.21. The van der Waals surface area contributed by atoms with Crippen LogP contribution in [0.5, 0.6) is 0 Å². The first-order valence-corrected chi connectivity index (χ1v) is 6.66. The van der Waals surface area contributed by atoms with E-state index in [-0.39, 0.29) is 6.10 Å². The zero-order chi connectivity index (χ0) is 11.7. The van der Waals surface area contributed by atoms with Crippen molar-refractivity contribution >= 4 is 0 Å². The zero-order valence-corrected chi connectivity index (χ0v) is 10.1. The molecule has 17 heavy (non-hydrogen) atoms. The Kier molecular flexibility index (Phi) is 3.12. The Bertz CT molecular complexity index is 354. The van der Waals surface area contributed by atoms with Crippen molar-refractivity contribution in [2.24, 2.45) is 0 Å². The highest BCUT2D eigenvalue weighted by molar-refractivity contribution is 5.05. The molecule has 0 aliphatic carbocycles. The molecule has 2 aliphatic heterocycles. The van der Waals surface area contributed by atoms with Crippen LogP contribution >= 0.6 is 0 Å².